The highest BCUT2D eigenvalue weighted by molar-refractivity contribution is 5.79. The van der Waals surface area contributed by atoms with Gasteiger partial charge in [-0.25, -0.2) is 13.3 Å². The number of benzene rings is 2. The Kier molecular flexibility index (Phi) is 5.18. The van der Waals surface area contributed by atoms with Crippen LogP contribution in [0.1, 0.15) is 5.69 Å². The summed E-state index contributed by atoms with van der Waals surface area (Å²) in [6, 6.07) is 17.0. The average Bonchev–Trinajstić information content (AvgIpc) is 3.23. The molecule has 0 unspecified atom stereocenters. The molecule has 0 aliphatic heterocycles. The highest BCUT2D eigenvalue weighted by atomic mass is 19.2. The van der Waals surface area contributed by atoms with Gasteiger partial charge in [0.15, 0.2) is 17.3 Å². The summed E-state index contributed by atoms with van der Waals surface area (Å²) in [4.78, 5) is 8.80. The fourth-order valence-corrected chi connectivity index (χ4v) is 3.70. The van der Waals surface area contributed by atoms with Gasteiger partial charge in [0.2, 0.25) is 5.95 Å². The molecule has 3 aromatic heterocycles. The van der Waals surface area contributed by atoms with Crippen molar-refractivity contribution in [1.29, 1.82) is 0 Å². The summed E-state index contributed by atoms with van der Waals surface area (Å²) in [6.45, 7) is 1.94. The molecule has 5 rings (SSSR count). The SMILES string of the molecule is COc1cc(Nc2nc3c(-c4ccc(F)c(F)c4)cccn3n2)ccc1-c1ccnc(C)c1. The van der Waals surface area contributed by atoms with E-state index in [1.165, 1.54) is 6.07 Å². The van der Waals surface area contributed by atoms with Crippen LogP contribution in [-0.4, -0.2) is 26.7 Å². The lowest BCUT2D eigenvalue weighted by atomic mass is 10.0. The fraction of sp³-hybridized carbons (Fsp3) is 0.0800. The van der Waals surface area contributed by atoms with Gasteiger partial charge in [-0.2, -0.15) is 4.98 Å². The van der Waals surface area contributed by atoms with Crippen LogP contribution in [0.5, 0.6) is 5.75 Å². The van der Waals surface area contributed by atoms with Crippen molar-refractivity contribution in [3.8, 4) is 28.0 Å². The molecule has 33 heavy (non-hydrogen) atoms. The zero-order valence-corrected chi connectivity index (χ0v) is 17.9. The number of hydrogen-bond acceptors (Lipinski definition) is 5. The van der Waals surface area contributed by atoms with Gasteiger partial charge in [-0.3, -0.25) is 4.98 Å². The van der Waals surface area contributed by atoms with Crippen LogP contribution in [0.15, 0.2) is 73.1 Å². The number of aryl methyl sites for hydroxylation is 1. The molecule has 0 fully saturated rings. The van der Waals surface area contributed by atoms with Gasteiger partial charge in [-0.1, -0.05) is 6.07 Å². The van der Waals surface area contributed by atoms with E-state index >= 15 is 0 Å². The Bertz CT molecular complexity index is 1480. The third-order valence-electron chi connectivity index (χ3n) is 5.26. The van der Waals surface area contributed by atoms with E-state index in [0.29, 0.717) is 28.5 Å². The van der Waals surface area contributed by atoms with Crippen molar-refractivity contribution >= 4 is 17.3 Å². The number of aromatic nitrogens is 4. The van der Waals surface area contributed by atoms with Crippen molar-refractivity contribution in [2.75, 3.05) is 12.4 Å². The predicted octanol–water partition coefficient (Wildman–Crippen LogP) is 5.80. The number of rotatable bonds is 5. The van der Waals surface area contributed by atoms with Crippen LogP contribution in [0, 0.1) is 18.6 Å². The topological polar surface area (TPSA) is 64.3 Å². The lowest BCUT2D eigenvalue weighted by Gasteiger charge is -2.11. The molecule has 0 amide bonds. The molecule has 2 aromatic carbocycles. The lowest BCUT2D eigenvalue weighted by molar-refractivity contribution is 0.416. The molecule has 0 saturated carbocycles. The van der Waals surface area contributed by atoms with Crippen molar-refractivity contribution in [3.05, 3.63) is 90.4 Å². The number of nitrogens with zero attached hydrogens (tertiary/aromatic N) is 4. The number of ether oxygens (including phenoxy) is 1. The highest BCUT2D eigenvalue weighted by Crippen LogP contribution is 2.33. The summed E-state index contributed by atoms with van der Waals surface area (Å²) in [6.07, 6.45) is 3.51. The zero-order valence-electron chi connectivity index (χ0n) is 17.9. The number of halogens is 2. The van der Waals surface area contributed by atoms with Crippen LogP contribution in [0.25, 0.3) is 27.9 Å². The number of hydrogen-bond donors (Lipinski definition) is 1. The van der Waals surface area contributed by atoms with Crippen molar-refractivity contribution in [2.45, 2.75) is 6.92 Å². The second-order valence-corrected chi connectivity index (χ2v) is 7.48. The van der Waals surface area contributed by atoms with E-state index in [4.69, 9.17) is 4.74 Å². The predicted molar refractivity (Wildman–Crippen MR) is 123 cm³/mol. The van der Waals surface area contributed by atoms with Gasteiger partial charge in [-0.15, -0.1) is 5.10 Å². The zero-order chi connectivity index (χ0) is 22.9. The Labute approximate surface area is 188 Å². The van der Waals surface area contributed by atoms with Gasteiger partial charge < -0.3 is 10.1 Å². The summed E-state index contributed by atoms with van der Waals surface area (Å²) in [5.41, 5.74) is 5.27. The van der Waals surface area contributed by atoms with Crippen LogP contribution < -0.4 is 10.1 Å². The van der Waals surface area contributed by atoms with Crippen LogP contribution >= 0.6 is 0 Å². The van der Waals surface area contributed by atoms with Crippen LogP contribution in [0.2, 0.25) is 0 Å². The quantitative estimate of drug-likeness (QED) is 0.372. The molecule has 6 nitrogen and oxygen atoms in total. The summed E-state index contributed by atoms with van der Waals surface area (Å²) < 4.78 is 34.3. The van der Waals surface area contributed by atoms with Crippen molar-refractivity contribution in [3.63, 3.8) is 0 Å². The first kappa shape index (κ1) is 20.6. The van der Waals surface area contributed by atoms with E-state index in [1.807, 2.05) is 37.3 Å². The summed E-state index contributed by atoms with van der Waals surface area (Å²) >= 11 is 0. The molecule has 0 aliphatic carbocycles. The number of methoxy groups -OCH3 is 1. The number of pyridine rings is 2. The molecule has 0 aliphatic rings. The van der Waals surface area contributed by atoms with Crippen molar-refractivity contribution < 1.29 is 13.5 Å². The van der Waals surface area contributed by atoms with Gasteiger partial charge in [0.1, 0.15) is 5.75 Å². The Morgan fingerprint density at radius 3 is 2.55 bits per heavy atom. The fourth-order valence-electron chi connectivity index (χ4n) is 3.70. The minimum atomic E-state index is -0.913. The minimum Gasteiger partial charge on any atom is -0.496 e. The maximum Gasteiger partial charge on any atom is 0.247 e. The molecule has 5 aromatic rings. The minimum absolute atomic E-state index is 0.361. The van der Waals surface area contributed by atoms with Gasteiger partial charge in [0, 0.05) is 41.0 Å². The third kappa shape index (κ3) is 3.98. The van der Waals surface area contributed by atoms with E-state index in [1.54, 1.807) is 36.2 Å². The molecular formula is C25H19F2N5O. The molecule has 1 N–H and O–H groups in total. The maximum absolute atomic E-state index is 13.8. The average molecular weight is 443 g/mol. The Morgan fingerprint density at radius 1 is 0.909 bits per heavy atom. The van der Waals surface area contributed by atoms with Gasteiger partial charge >= 0.3 is 0 Å². The van der Waals surface area contributed by atoms with Crippen LogP contribution in [-0.2, 0) is 0 Å². The number of anilines is 2. The summed E-state index contributed by atoms with van der Waals surface area (Å²) in [5, 5.41) is 7.65. The van der Waals surface area contributed by atoms with Crippen LogP contribution in [0.4, 0.5) is 20.4 Å². The van der Waals surface area contributed by atoms with E-state index in [-0.39, 0.29) is 0 Å². The third-order valence-corrected chi connectivity index (χ3v) is 5.26. The normalized spacial score (nSPS) is 11.0. The van der Waals surface area contributed by atoms with E-state index in [9.17, 15) is 8.78 Å². The smallest absolute Gasteiger partial charge is 0.247 e. The molecule has 0 atom stereocenters. The molecule has 0 saturated heterocycles. The summed E-state index contributed by atoms with van der Waals surface area (Å²) in [5.74, 6) is -0.755. The molecule has 0 radical (unpaired) electrons. The second kappa shape index (κ2) is 8.31. The highest BCUT2D eigenvalue weighted by Gasteiger charge is 2.13. The molecule has 0 spiro atoms. The van der Waals surface area contributed by atoms with E-state index < -0.39 is 11.6 Å². The van der Waals surface area contributed by atoms with E-state index in [0.717, 1.165) is 34.6 Å². The number of fused-ring (bicyclic) bond motifs is 1. The monoisotopic (exact) mass is 443 g/mol. The molecule has 164 valence electrons. The molecule has 3 heterocycles. The van der Waals surface area contributed by atoms with Gasteiger partial charge in [0.25, 0.3) is 0 Å². The first-order valence-electron chi connectivity index (χ1n) is 10.2. The largest absolute Gasteiger partial charge is 0.496 e. The van der Waals surface area contributed by atoms with Crippen molar-refractivity contribution in [2.24, 2.45) is 0 Å². The Hall–Kier alpha value is -4.33. The Balaban J connectivity index is 1.49. The van der Waals surface area contributed by atoms with Crippen LogP contribution in [0.3, 0.4) is 0 Å². The lowest BCUT2D eigenvalue weighted by Crippen LogP contribution is -1.95. The first-order chi connectivity index (χ1) is 16.0. The standard InChI is InChI=1S/C25H19F2N5O/c1-15-12-17(9-10-28-15)19-7-6-18(14-23(19)33-2)29-25-30-24-20(4-3-11-32(24)31-25)16-5-8-21(26)22(27)13-16/h3-14H,1-2H3,(H,29,31). The Morgan fingerprint density at radius 2 is 1.76 bits per heavy atom. The molecule has 0 bridgehead atoms. The molecular weight excluding hydrogens is 424 g/mol. The first-order valence-corrected chi connectivity index (χ1v) is 10.2. The molecule has 8 heteroatoms. The summed E-state index contributed by atoms with van der Waals surface area (Å²) in [7, 11) is 1.62. The number of nitrogens with one attached hydrogen (secondary N) is 1. The van der Waals surface area contributed by atoms with Gasteiger partial charge in [0.05, 0.1) is 7.11 Å². The van der Waals surface area contributed by atoms with Crippen molar-refractivity contribution in [1.82, 2.24) is 19.6 Å². The van der Waals surface area contributed by atoms with Gasteiger partial charge in [-0.05, 0) is 66.6 Å². The van der Waals surface area contributed by atoms with E-state index in [2.05, 4.69) is 20.4 Å². The second-order valence-electron chi connectivity index (χ2n) is 7.48. The maximum atomic E-state index is 13.8.